The average Bonchev–Trinajstić information content (AvgIpc) is 2.55. The summed E-state index contributed by atoms with van der Waals surface area (Å²) in [5.74, 6) is -0.896. The Morgan fingerprint density at radius 1 is 1.04 bits per heavy atom. The zero-order valence-electron chi connectivity index (χ0n) is 14.9. The maximum Gasteiger partial charge on any atom is 0.408 e. The minimum atomic E-state index is -0.686. The minimum absolute atomic E-state index is 0.267. The lowest BCUT2D eigenvalue weighted by Gasteiger charge is -2.19. The van der Waals surface area contributed by atoms with Crippen LogP contribution >= 0.6 is 0 Å². The molecule has 0 aliphatic rings. The molecule has 0 fully saturated rings. The molecule has 0 saturated carbocycles. The molecule has 3 N–H and O–H groups in total. The summed E-state index contributed by atoms with van der Waals surface area (Å²) >= 11 is 0. The highest BCUT2D eigenvalue weighted by Gasteiger charge is 2.17. The number of para-hydroxylation sites is 1. The smallest absolute Gasteiger partial charge is 0.408 e. The van der Waals surface area contributed by atoms with Gasteiger partial charge in [-0.15, -0.1) is 0 Å². The molecule has 0 bridgehead atoms. The van der Waals surface area contributed by atoms with Crippen LogP contribution in [-0.4, -0.2) is 24.1 Å². The number of hydrogen-bond acceptors (Lipinski definition) is 4. The number of amides is 2. The predicted molar refractivity (Wildman–Crippen MR) is 99.0 cm³/mol. The number of carbonyl (C=O) groups excluding carboxylic acids is 2. The molecule has 0 spiro atoms. The average molecular weight is 359 g/mol. The van der Waals surface area contributed by atoms with E-state index in [0.29, 0.717) is 11.4 Å². The van der Waals surface area contributed by atoms with E-state index >= 15 is 0 Å². The summed E-state index contributed by atoms with van der Waals surface area (Å²) in [6.45, 7) is 4.92. The molecule has 26 heavy (non-hydrogen) atoms. The van der Waals surface area contributed by atoms with Crippen molar-refractivity contribution in [2.75, 3.05) is 17.2 Å². The molecule has 138 valence electrons. The number of benzene rings is 2. The van der Waals surface area contributed by atoms with E-state index in [1.165, 1.54) is 18.2 Å². The number of anilines is 3. The summed E-state index contributed by atoms with van der Waals surface area (Å²) in [6.07, 6.45) is -0.686. The molecule has 0 unspecified atom stereocenters. The first-order valence-corrected chi connectivity index (χ1v) is 8.11. The third-order valence-corrected chi connectivity index (χ3v) is 3.10. The molecule has 2 aromatic rings. The van der Waals surface area contributed by atoms with Crippen molar-refractivity contribution in [3.63, 3.8) is 0 Å². The van der Waals surface area contributed by atoms with Gasteiger partial charge in [0.05, 0.1) is 11.4 Å². The zero-order chi connectivity index (χ0) is 19.2. The van der Waals surface area contributed by atoms with Crippen molar-refractivity contribution in [2.45, 2.75) is 26.4 Å². The zero-order valence-corrected chi connectivity index (χ0v) is 14.9. The van der Waals surface area contributed by atoms with Gasteiger partial charge in [0, 0.05) is 5.69 Å². The topological polar surface area (TPSA) is 79.5 Å². The van der Waals surface area contributed by atoms with E-state index in [0.717, 1.165) is 5.69 Å². The molecule has 0 radical (unpaired) electrons. The molecule has 6 nitrogen and oxygen atoms in total. The van der Waals surface area contributed by atoms with Crippen LogP contribution < -0.4 is 16.0 Å². The molecule has 0 saturated heterocycles. The van der Waals surface area contributed by atoms with Crippen molar-refractivity contribution >= 4 is 29.1 Å². The number of rotatable bonds is 5. The number of nitrogens with one attached hydrogen (secondary N) is 3. The van der Waals surface area contributed by atoms with Crippen LogP contribution in [0.1, 0.15) is 20.8 Å². The quantitative estimate of drug-likeness (QED) is 0.753. The van der Waals surface area contributed by atoms with Gasteiger partial charge in [0.15, 0.2) is 0 Å². The number of carbonyl (C=O) groups is 2. The Bertz CT molecular complexity index is 773. The summed E-state index contributed by atoms with van der Waals surface area (Å²) in [5.41, 5.74) is 0.901. The lowest BCUT2D eigenvalue weighted by molar-refractivity contribution is -0.115. The number of ether oxygens (including phenoxy) is 1. The number of alkyl carbamates (subject to hydrolysis) is 1. The highest BCUT2D eigenvalue weighted by atomic mass is 19.1. The summed E-state index contributed by atoms with van der Waals surface area (Å²) in [5, 5.41) is 8.06. The molecule has 0 aliphatic carbocycles. The van der Waals surface area contributed by atoms with Gasteiger partial charge in [-0.3, -0.25) is 4.79 Å². The van der Waals surface area contributed by atoms with Crippen molar-refractivity contribution in [1.29, 1.82) is 0 Å². The van der Waals surface area contributed by atoms with Crippen molar-refractivity contribution in [1.82, 2.24) is 5.32 Å². The Morgan fingerprint density at radius 3 is 2.38 bits per heavy atom. The van der Waals surface area contributed by atoms with Crippen LogP contribution in [0.3, 0.4) is 0 Å². The second-order valence-corrected chi connectivity index (χ2v) is 6.58. The Balaban J connectivity index is 2.00. The Hall–Kier alpha value is -3.09. The van der Waals surface area contributed by atoms with E-state index in [1.807, 2.05) is 30.3 Å². The van der Waals surface area contributed by atoms with Crippen LogP contribution in [0, 0.1) is 5.82 Å². The standard InChI is InChI=1S/C19H22FN3O3/c1-19(2,3)26-18(25)21-12-17(24)23-15-10-9-13(20)11-16(15)22-14-7-5-4-6-8-14/h4-11,22H,12H2,1-3H3,(H,21,25)(H,23,24). The highest BCUT2D eigenvalue weighted by Crippen LogP contribution is 2.26. The van der Waals surface area contributed by atoms with Crippen molar-refractivity contribution in [2.24, 2.45) is 0 Å². The fourth-order valence-corrected chi connectivity index (χ4v) is 2.07. The second kappa shape index (κ2) is 8.33. The van der Waals surface area contributed by atoms with Gasteiger partial charge in [-0.1, -0.05) is 18.2 Å². The maximum atomic E-state index is 13.6. The molecule has 7 heteroatoms. The Labute approximate surface area is 151 Å². The Morgan fingerprint density at radius 2 is 1.73 bits per heavy atom. The first-order valence-electron chi connectivity index (χ1n) is 8.11. The van der Waals surface area contributed by atoms with Crippen molar-refractivity contribution in [3.8, 4) is 0 Å². The second-order valence-electron chi connectivity index (χ2n) is 6.58. The lowest BCUT2D eigenvalue weighted by atomic mass is 10.2. The van der Waals surface area contributed by atoms with Gasteiger partial charge in [0.25, 0.3) is 0 Å². The van der Waals surface area contributed by atoms with Crippen molar-refractivity contribution in [3.05, 3.63) is 54.3 Å². The first-order chi connectivity index (χ1) is 12.2. The molecular weight excluding hydrogens is 337 g/mol. The van der Waals surface area contributed by atoms with Gasteiger partial charge >= 0.3 is 6.09 Å². The molecule has 2 rings (SSSR count). The molecule has 2 aromatic carbocycles. The number of hydrogen-bond donors (Lipinski definition) is 3. The molecule has 2 amide bonds. The van der Waals surface area contributed by atoms with Gasteiger partial charge in [-0.05, 0) is 51.1 Å². The number of halogens is 1. The predicted octanol–water partition coefficient (Wildman–Crippen LogP) is 4.03. The largest absolute Gasteiger partial charge is 0.444 e. The highest BCUT2D eigenvalue weighted by molar-refractivity contribution is 5.97. The van der Waals surface area contributed by atoms with E-state index in [4.69, 9.17) is 4.74 Å². The first kappa shape index (κ1) is 19.2. The molecule has 0 aliphatic heterocycles. The maximum absolute atomic E-state index is 13.6. The van der Waals surface area contributed by atoms with Gasteiger partial charge in [-0.25, -0.2) is 9.18 Å². The van der Waals surface area contributed by atoms with Gasteiger partial charge in [0.1, 0.15) is 18.0 Å². The minimum Gasteiger partial charge on any atom is -0.444 e. The van der Waals surface area contributed by atoms with Crippen LogP contribution in [0.4, 0.5) is 26.2 Å². The van der Waals surface area contributed by atoms with E-state index in [2.05, 4.69) is 16.0 Å². The van der Waals surface area contributed by atoms with Gasteiger partial charge < -0.3 is 20.7 Å². The Kier molecular flexibility index (Phi) is 6.16. The van der Waals surface area contributed by atoms with E-state index in [1.54, 1.807) is 20.8 Å². The normalized spacial score (nSPS) is 10.8. The third kappa shape index (κ3) is 6.43. The SMILES string of the molecule is CC(C)(C)OC(=O)NCC(=O)Nc1ccc(F)cc1Nc1ccccc1. The molecule has 0 aromatic heterocycles. The summed E-state index contributed by atoms with van der Waals surface area (Å²) in [6, 6.07) is 13.2. The van der Waals surface area contributed by atoms with Gasteiger partial charge in [-0.2, -0.15) is 0 Å². The monoisotopic (exact) mass is 359 g/mol. The molecular formula is C19H22FN3O3. The van der Waals surface area contributed by atoms with Gasteiger partial charge in [0.2, 0.25) is 5.91 Å². The fraction of sp³-hybridized carbons (Fsp3) is 0.263. The summed E-state index contributed by atoms with van der Waals surface area (Å²) in [4.78, 5) is 23.7. The summed E-state index contributed by atoms with van der Waals surface area (Å²) in [7, 11) is 0. The van der Waals surface area contributed by atoms with Crippen molar-refractivity contribution < 1.29 is 18.7 Å². The third-order valence-electron chi connectivity index (χ3n) is 3.10. The van der Waals surface area contributed by atoms with E-state index < -0.39 is 23.4 Å². The van der Waals surface area contributed by atoms with Crippen LogP contribution in [0.25, 0.3) is 0 Å². The molecule has 0 heterocycles. The van der Waals surface area contributed by atoms with E-state index in [-0.39, 0.29) is 6.54 Å². The van der Waals surface area contributed by atoms with Crippen LogP contribution in [0.5, 0.6) is 0 Å². The fourth-order valence-electron chi connectivity index (χ4n) is 2.07. The van der Waals surface area contributed by atoms with E-state index in [9.17, 15) is 14.0 Å². The lowest BCUT2D eigenvalue weighted by Crippen LogP contribution is -2.37. The van der Waals surface area contributed by atoms with Crippen LogP contribution in [0.2, 0.25) is 0 Å². The summed E-state index contributed by atoms with van der Waals surface area (Å²) < 4.78 is 18.6. The van der Waals surface area contributed by atoms with Crippen LogP contribution in [-0.2, 0) is 9.53 Å². The molecule has 0 atom stereocenters. The van der Waals surface area contributed by atoms with Crippen LogP contribution in [0.15, 0.2) is 48.5 Å².